The van der Waals surface area contributed by atoms with Gasteiger partial charge in [-0.25, -0.2) is 14.7 Å². The Morgan fingerprint density at radius 1 is 1.03 bits per heavy atom. The Kier molecular flexibility index (Phi) is 4.50. The van der Waals surface area contributed by atoms with Crippen LogP contribution in [0.3, 0.4) is 0 Å². The first kappa shape index (κ1) is 19.2. The number of nitrogens with one attached hydrogen (secondary N) is 2. The van der Waals surface area contributed by atoms with Crippen LogP contribution in [0.4, 0.5) is 10.5 Å². The van der Waals surface area contributed by atoms with Crippen molar-refractivity contribution in [1.82, 2.24) is 10.6 Å². The maximum atomic E-state index is 13.0. The Morgan fingerprint density at radius 2 is 1.77 bits per heavy atom. The van der Waals surface area contributed by atoms with E-state index in [-0.39, 0.29) is 16.7 Å². The van der Waals surface area contributed by atoms with Crippen molar-refractivity contribution in [2.75, 3.05) is 4.90 Å². The van der Waals surface area contributed by atoms with E-state index in [1.807, 2.05) is 25.2 Å². The third-order valence-corrected chi connectivity index (χ3v) is 5.11. The summed E-state index contributed by atoms with van der Waals surface area (Å²) in [5.74, 6) is -2.35. The van der Waals surface area contributed by atoms with Gasteiger partial charge in [0.2, 0.25) is 0 Å². The van der Waals surface area contributed by atoms with E-state index >= 15 is 0 Å². The Hall–Kier alpha value is -4.14. The standard InChI is InChI=1S/C21H16N4O5/c1-10-4-3-5-16(11(10)2)25-19(28)13-7-6-12(8-14(13)20(25)29)17(26)23-15-9-22-21(30)24-18(15)27/h3-9,15H,1-2H3,(H,23,26)(H,24,27,30). The molecule has 2 aliphatic rings. The van der Waals surface area contributed by atoms with Crippen LogP contribution in [0.25, 0.3) is 0 Å². The molecule has 2 heterocycles. The molecule has 6 amide bonds. The number of fused-ring (bicyclic) bond motifs is 1. The molecule has 0 aromatic heterocycles. The number of hydrogen-bond donors (Lipinski definition) is 2. The molecule has 0 radical (unpaired) electrons. The molecule has 1 unspecified atom stereocenters. The van der Waals surface area contributed by atoms with Gasteiger partial charge in [0.1, 0.15) is 6.04 Å². The largest absolute Gasteiger partial charge is 0.347 e. The molecule has 0 aliphatic carbocycles. The summed E-state index contributed by atoms with van der Waals surface area (Å²) in [6.07, 6.45) is 1.03. The molecule has 4 rings (SSSR count). The molecule has 0 spiro atoms. The summed E-state index contributed by atoms with van der Waals surface area (Å²) < 4.78 is 0. The van der Waals surface area contributed by atoms with Gasteiger partial charge in [-0.05, 0) is 49.2 Å². The maximum Gasteiger partial charge on any atom is 0.347 e. The highest BCUT2D eigenvalue weighted by Crippen LogP contribution is 2.32. The van der Waals surface area contributed by atoms with Gasteiger partial charge in [-0.3, -0.25) is 24.5 Å². The van der Waals surface area contributed by atoms with Gasteiger partial charge in [0.15, 0.2) is 0 Å². The van der Waals surface area contributed by atoms with E-state index in [4.69, 9.17) is 0 Å². The number of amides is 6. The second-order valence-corrected chi connectivity index (χ2v) is 6.95. The first-order valence-electron chi connectivity index (χ1n) is 9.07. The van der Waals surface area contributed by atoms with Gasteiger partial charge in [0, 0.05) is 11.8 Å². The number of imide groups is 2. The molecule has 9 nitrogen and oxygen atoms in total. The number of hydrogen-bond acceptors (Lipinski definition) is 5. The van der Waals surface area contributed by atoms with Crippen molar-refractivity contribution in [3.8, 4) is 0 Å². The normalized spacial score (nSPS) is 17.8. The molecule has 0 bridgehead atoms. The summed E-state index contributed by atoms with van der Waals surface area (Å²) >= 11 is 0. The Morgan fingerprint density at radius 3 is 2.50 bits per heavy atom. The number of rotatable bonds is 3. The predicted molar refractivity (Wildman–Crippen MR) is 107 cm³/mol. The first-order chi connectivity index (χ1) is 14.3. The Balaban J connectivity index is 1.63. The number of nitrogens with zero attached hydrogens (tertiary/aromatic N) is 2. The van der Waals surface area contributed by atoms with E-state index in [0.717, 1.165) is 22.2 Å². The molecular formula is C21H16N4O5. The number of carbonyl (C=O) groups excluding carboxylic acids is 5. The highest BCUT2D eigenvalue weighted by molar-refractivity contribution is 6.35. The molecule has 0 saturated heterocycles. The molecule has 1 atom stereocenters. The van der Waals surface area contributed by atoms with Crippen molar-refractivity contribution >= 4 is 41.6 Å². The van der Waals surface area contributed by atoms with Crippen LogP contribution in [0.2, 0.25) is 0 Å². The van der Waals surface area contributed by atoms with Crippen LogP contribution in [0.1, 0.15) is 42.2 Å². The monoisotopic (exact) mass is 404 g/mol. The molecule has 30 heavy (non-hydrogen) atoms. The Bertz CT molecular complexity index is 1180. The fraction of sp³-hybridized carbons (Fsp3) is 0.143. The fourth-order valence-electron chi connectivity index (χ4n) is 3.33. The highest BCUT2D eigenvalue weighted by Gasteiger charge is 2.38. The van der Waals surface area contributed by atoms with Crippen molar-refractivity contribution in [3.05, 3.63) is 64.2 Å². The third kappa shape index (κ3) is 3.06. The van der Waals surface area contributed by atoms with E-state index in [1.54, 1.807) is 12.1 Å². The number of benzene rings is 2. The number of aliphatic imine (C=N–C) groups is 1. The molecule has 0 fully saturated rings. The number of urea groups is 1. The van der Waals surface area contributed by atoms with Gasteiger partial charge in [-0.2, -0.15) is 0 Å². The summed E-state index contributed by atoms with van der Waals surface area (Å²) in [6, 6.07) is 7.55. The maximum absolute atomic E-state index is 13.0. The lowest BCUT2D eigenvalue weighted by molar-refractivity contribution is -0.120. The summed E-state index contributed by atoms with van der Waals surface area (Å²) in [6.45, 7) is 3.71. The van der Waals surface area contributed by atoms with Crippen molar-refractivity contribution in [2.45, 2.75) is 19.9 Å². The zero-order valence-electron chi connectivity index (χ0n) is 16.1. The molecule has 2 aromatic rings. The minimum atomic E-state index is -1.12. The van der Waals surface area contributed by atoms with Gasteiger partial charge in [-0.1, -0.05) is 12.1 Å². The van der Waals surface area contributed by atoms with Crippen LogP contribution in [0.5, 0.6) is 0 Å². The lowest BCUT2D eigenvalue weighted by atomic mass is 10.0. The van der Waals surface area contributed by atoms with E-state index in [9.17, 15) is 24.0 Å². The van der Waals surface area contributed by atoms with Crippen LogP contribution in [-0.2, 0) is 4.79 Å². The zero-order valence-corrected chi connectivity index (χ0v) is 16.1. The van der Waals surface area contributed by atoms with Crippen LogP contribution in [0, 0.1) is 13.8 Å². The highest BCUT2D eigenvalue weighted by atomic mass is 16.2. The van der Waals surface area contributed by atoms with Crippen LogP contribution >= 0.6 is 0 Å². The van der Waals surface area contributed by atoms with Gasteiger partial charge >= 0.3 is 6.03 Å². The van der Waals surface area contributed by atoms with Crippen LogP contribution < -0.4 is 15.5 Å². The van der Waals surface area contributed by atoms with Crippen LogP contribution in [0.15, 0.2) is 41.4 Å². The summed E-state index contributed by atoms with van der Waals surface area (Å²) in [7, 11) is 0. The van der Waals surface area contributed by atoms with Gasteiger partial charge < -0.3 is 5.32 Å². The summed E-state index contributed by atoms with van der Waals surface area (Å²) in [5.41, 5.74) is 2.63. The lowest BCUT2D eigenvalue weighted by Crippen LogP contribution is -2.51. The first-order valence-corrected chi connectivity index (χ1v) is 9.07. The molecule has 150 valence electrons. The number of anilines is 1. The molecular weight excluding hydrogens is 388 g/mol. The van der Waals surface area contributed by atoms with E-state index < -0.39 is 35.7 Å². The quantitative estimate of drug-likeness (QED) is 0.751. The van der Waals surface area contributed by atoms with Gasteiger partial charge in [0.25, 0.3) is 23.6 Å². The molecule has 0 saturated carbocycles. The number of aryl methyl sites for hydroxylation is 1. The van der Waals surface area contributed by atoms with E-state index in [0.29, 0.717) is 5.69 Å². The smallest absolute Gasteiger partial charge is 0.336 e. The van der Waals surface area contributed by atoms with Crippen molar-refractivity contribution in [2.24, 2.45) is 4.99 Å². The predicted octanol–water partition coefficient (Wildman–Crippen LogP) is 1.52. The topological polar surface area (TPSA) is 125 Å². The SMILES string of the molecule is Cc1cccc(N2C(=O)c3ccc(C(=O)NC4C=NC(=O)NC4=O)cc3C2=O)c1C. The molecule has 2 aliphatic heterocycles. The van der Waals surface area contributed by atoms with Gasteiger partial charge in [0.05, 0.1) is 16.8 Å². The minimum Gasteiger partial charge on any atom is -0.336 e. The van der Waals surface area contributed by atoms with Crippen molar-refractivity contribution < 1.29 is 24.0 Å². The average molecular weight is 404 g/mol. The Labute approximate surface area is 170 Å². The lowest BCUT2D eigenvalue weighted by Gasteiger charge is -2.17. The molecule has 2 N–H and O–H groups in total. The van der Waals surface area contributed by atoms with E-state index in [2.05, 4.69) is 10.3 Å². The minimum absolute atomic E-state index is 0.0933. The number of carbonyl (C=O) groups is 5. The van der Waals surface area contributed by atoms with Crippen molar-refractivity contribution in [3.63, 3.8) is 0 Å². The average Bonchev–Trinajstić information content (AvgIpc) is 2.96. The molecule has 9 heteroatoms. The second kappa shape index (κ2) is 7.03. The zero-order chi connectivity index (χ0) is 21.6. The van der Waals surface area contributed by atoms with E-state index in [1.165, 1.54) is 18.2 Å². The molecule has 2 aromatic carbocycles. The third-order valence-electron chi connectivity index (χ3n) is 5.11. The fourth-order valence-corrected chi connectivity index (χ4v) is 3.33. The van der Waals surface area contributed by atoms with Crippen molar-refractivity contribution in [1.29, 1.82) is 0 Å². The van der Waals surface area contributed by atoms with Gasteiger partial charge in [-0.15, -0.1) is 0 Å². The summed E-state index contributed by atoms with van der Waals surface area (Å²) in [4.78, 5) is 65.7. The second-order valence-electron chi connectivity index (χ2n) is 6.95. The van der Waals surface area contributed by atoms with Crippen LogP contribution in [-0.4, -0.2) is 41.9 Å². The summed E-state index contributed by atoms with van der Waals surface area (Å²) in [5, 5.41) is 4.40.